The maximum absolute atomic E-state index is 5.95. The Kier molecular flexibility index (Phi) is 4.32. The zero-order chi connectivity index (χ0) is 17.9. The highest BCUT2D eigenvalue weighted by Crippen LogP contribution is 2.22. The minimum Gasteiger partial charge on any atom is -0.381 e. The van der Waals surface area contributed by atoms with E-state index in [1.54, 1.807) is 12.4 Å². The van der Waals surface area contributed by atoms with Crippen molar-refractivity contribution in [2.75, 3.05) is 16.4 Å². The molecule has 4 aromatic rings. The van der Waals surface area contributed by atoms with Crippen LogP contribution in [0.4, 0.5) is 22.6 Å². The van der Waals surface area contributed by atoms with Crippen LogP contribution in [-0.4, -0.2) is 19.9 Å². The van der Waals surface area contributed by atoms with E-state index in [1.807, 2.05) is 36.6 Å². The third-order valence-corrected chi connectivity index (χ3v) is 4.66. The maximum atomic E-state index is 5.95. The highest BCUT2D eigenvalue weighted by molar-refractivity contribution is 7.13. The fraction of sp³-hybridized carbons (Fsp3) is 0.111. The Morgan fingerprint density at radius 1 is 1.15 bits per heavy atom. The number of rotatable bonds is 5. The molecule has 4 rings (SSSR count). The Labute approximate surface area is 154 Å². The van der Waals surface area contributed by atoms with Gasteiger partial charge in [0, 0.05) is 23.5 Å². The molecule has 0 saturated carbocycles. The van der Waals surface area contributed by atoms with Crippen LogP contribution in [0.25, 0.3) is 10.9 Å². The SMILES string of the molecule is Cc1csc(Nc2cnc(N)c(NCc3ccc4ncccc4c3)n2)n1. The third kappa shape index (κ3) is 3.55. The van der Waals surface area contributed by atoms with Crippen molar-refractivity contribution in [3.05, 3.63) is 59.4 Å². The lowest BCUT2D eigenvalue weighted by Gasteiger charge is -2.10. The number of aryl methyl sites for hydroxylation is 1. The number of fused-ring (bicyclic) bond motifs is 1. The Hall–Kier alpha value is -3.26. The van der Waals surface area contributed by atoms with E-state index >= 15 is 0 Å². The van der Waals surface area contributed by atoms with Crippen LogP contribution in [-0.2, 0) is 6.54 Å². The summed E-state index contributed by atoms with van der Waals surface area (Å²) in [6.07, 6.45) is 3.39. The van der Waals surface area contributed by atoms with Crippen LogP contribution in [0.3, 0.4) is 0 Å². The first-order valence-electron chi connectivity index (χ1n) is 8.06. The van der Waals surface area contributed by atoms with Crippen LogP contribution in [0.1, 0.15) is 11.3 Å². The molecule has 7 nitrogen and oxygen atoms in total. The van der Waals surface area contributed by atoms with Crippen LogP contribution in [0.5, 0.6) is 0 Å². The molecule has 1 aromatic carbocycles. The predicted octanol–water partition coefficient (Wildman–Crippen LogP) is 3.73. The molecule has 3 heterocycles. The highest BCUT2D eigenvalue weighted by Gasteiger charge is 2.07. The van der Waals surface area contributed by atoms with Gasteiger partial charge in [0.1, 0.15) is 0 Å². The number of hydrogen-bond donors (Lipinski definition) is 3. The van der Waals surface area contributed by atoms with Crippen molar-refractivity contribution >= 4 is 44.8 Å². The first-order chi connectivity index (χ1) is 12.7. The molecule has 0 aliphatic rings. The van der Waals surface area contributed by atoms with E-state index in [9.17, 15) is 0 Å². The molecule has 26 heavy (non-hydrogen) atoms. The van der Waals surface area contributed by atoms with Crippen molar-refractivity contribution in [3.8, 4) is 0 Å². The normalized spacial score (nSPS) is 10.8. The smallest absolute Gasteiger partial charge is 0.188 e. The summed E-state index contributed by atoms with van der Waals surface area (Å²) in [5.74, 6) is 1.49. The summed E-state index contributed by atoms with van der Waals surface area (Å²) in [6.45, 7) is 2.53. The second-order valence-corrected chi connectivity index (χ2v) is 6.65. The molecule has 0 radical (unpaired) electrons. The Morgan fingerprint density at radius 2 is 2.08 bits per heavy atom. The van der Waals surface area contributed by atoms with Crippen molar-refractivity contribution < 1.29 is 0 Å². The molecule has 0 spiro atoms. The van der Waals surface area contributed by atoms with Crippen LogP contribution in [0, 0.1) is 6.92 Å². The molecule has 130 valence electrons. The van der Waals surface area contributed by atoms with E-state index < -0.39 is 0 Å². The third-order valence-electron chi connectivity index (χ3n) is 3.78. The van der Waals surface area contributed by atoms with E-state index in [-0.39, 0.29) is 0 Å². The van der Waals surface area contributed by atoms with Gasteiger partial charge < -0.3 is 16.4 Å². The molecular formula is C18H17N7S. The van der Waals surface area contributed by atoms with Crippen LogP contribution in [0.15, 0.2) is 48.1 Å². The molecule has 3 aromatic heterocycles. The molecule has 0 aliphatic carbocycles. The van der Waals surface area contributed by atoms with Crippen molar-refractivity contribution in [1.29, 1.82) is 0 Å². The van der Waals surface area contributed by atoms with Crippen LogP contribution >= 0.6 is 11.3 Å². The number of pyridine rings is 1. The maximum Gasteiger partial charge on any atom is 0.188 e. The van der Waals surface area contributed by atoms with Gasteiger partial charge in [-0.1, -0.05) is 12.1 Å². The quantitative estimate of drug-likeness (QED) is 0.496. The second kappa shape index (κ2) is 6.93. The van der Waals surface area contributed by atoms with Crippen molar-refractivity contribution in [2.24, 2.45) is 0 Å². The zero-order valence-corrected chi connectivity index (χ0v) is 14.9. The zero-order valence-electron chi connectivity index (χ0n) is 14.1. The van der Waals surface area contributed by atoms with E-state index in [0.29, 0.717) is 24.0 Å². The van der Waals surface area contributed by atoms with Gasteiger partial charge in [-0.25, -0.2) is 15.0 Å². The van der Waals surface area contributed by atoms with Gasteiger partial charge in [-0.2, -0.15) is 0 Å². The van der Waals surface area contributed by atoms with E-state index in [0.717, 1.165) is 27.3 Å². The van der Waals surface area contributed by atoms with Gasteiger partial charge in [0.25, 0.3) is 0 Å². The Bertz CT molecular complexity index is 1060. The van der Waals surface area contributed by atoms with E-state index in [1.165, 1.54) is 11.3 Å². The summed E-state index contributed by atoms with van der Waals surface area (Å²) in [7, 11) is 0. The largest absolute Gasteiger partial charge is 0.381 e. The van der Waals surface area contributed by atoms with Gasteiger partial charge in [-0.3, -0.25) is 4.98 Å². The summed E-state index contributed by atoms with van der Waals surface area (Å²) < 4.78 is 0. The fourth-order valence-corrected chi connectivity index (χ4v) is 3.23. The number of nitrogens with zero attached hydrogens (tertiary/aromatic N) is 4. The minimum atomic E-state index is 0.355. The summed E-state index contributed by atoms with van der Waals surface area (Å²) in [6, 6.07) is 10.1. The lowest BCUT2D eigenvalue weighted by atomic mass is 10.1. The molecule has 0 bridgehead atoms. The van der Waals surface area contributed by atoms with E-state index in [2.05, 4.69) is 36.6 Å². The molecule has 8 heteroatoms. The monoisotopic (exact) mass is 363 g/mol. The van der Waals surface area contributed by atoms with Crippen LogP contribution in [0.2, 0.25) is 0 Å². The van der Waals surface area contributed by atoms with Gasteiger partial charge in [-0.15, -0.1) is 11.3 Å². The molecule has 4 N–H and O–H groups in total. The molecule has 0 fully saturated rings. The average molecular weight is 363 g/mol. The number of nitrogen functional groups attached to an aromatic ring is 1. The molecule has 0 unspecified atom stereocenters. The minimum absolute atomic E-state index is 0.355. The lowest BCUT2D eigenvalue weighted by Crippen LogP contribution is -2.07. The summed E-state index contributed by atoms with van der Waals surface area (Å²) in [4.78, 5) is 17.4. The molecule has 0 aliphatic heterocycles. The topological polar surface area (TPSA) is 102 Å². The molecule has 0 saturated heterocycles. The molecule has 0 atom stereocenters. The summed E-state index contributed by atoms with van der Waals surface area (Å²) in [5.41, 5.74) is 9.00. The van der Waals surface area contributed by atoms with Crippen molar-refractivity contribution in [1.82, 2.24) is 19.9 Å². The highest BCUT2D eigenvalue weighted by atomic mass is 32.1. The number of thiazole rings is 1. The van der Waals surface area contributed by atoms with E-state index in [4.69, 9.17) is 5.73 Å². The number of benzene rings is 1. The van der Waals surface area contributed by atoms with Gasteiger partial charge in [0.05, 0.1) is 17.4 Å². The lowest BCUT2D eigenvalue weighted by molar-refractivity contribution is 1.09. The number of anilines is 4. The summed E-state index contributed by atoms with van der Waals surface area (Å²) >= 11 is 1.52. The predicted molar refractivity (Wildman–Crippen MR) is 106 cm³/mol. The number of hydrogen-bond acceptors (Lipinski definition) is 8. The summed E-state index contributed by atoms with van der Waals surface area (Å²) in [5, 5.41) is 10.2. The van der Waals surface area contributed by atoms with Gasteiger partial charge in [0.2, 0.25) is 0 Å². The van der Waals surface area contributed by atoms with Gasteiger partial charge in [0.15, 0.2) is 22.6 Å². The van der Waals surface area contributed by atoms with Crippen molar-refractivity contribution in [3.63, 3.8) is 0 Å². The van der Waals surface area contributed by atoms with Gasteiger partial charge in [-0.05, 0) is 30.7 Å². The number of nitrogens with two attached hydrogens (primary N) is 1. The fourth-order valence-electron chi connectivity index (χ4n) is 2.53. The second-order valence-electron chi connectivity index (χ2n) is 5.79. The first-order valence-corrected chi connectivity index (χ1v) is 8.94. The van der Waals surface area contributed by atoms with Gasteiger partial charge >= 0.3 is 0 Å². The molecule has 0 amide bonds. The Balaban J connectivity index is 1.50. The Morgan fingerprint density at radius 3 is 2.92 bits per heavy atom. The van der Waals surface area contributed by atoms with Crippen LogP contribution < -0.4 is 16.4 Å². The average Bonchev–Trinajstić information content (AvgIpc) is 3.06. The first kappa shape index (κ1) is 16.2. The molecular weight excluding hydrogens is 346 g/mol. The van der Waals surface area contributed by atoms with Crippen molar-refractivity contribution in [2.45, 2.75) is 13.5 Å². The number of aromatic nitrogens is 4. The number of nitrogens with one attached hydrogen (secondary N) is 2. The standard InChI is InChI=1S/C18H17N7S/c1-11-10-26-18(23-11)25-15-9-21-16(19)17(24-15)22-8-12-4-5-14-13(7-12)3-2-6-20-14/h2-7,9-10H,8H2,1H3,(H2,19,21)(H2,22,23,24,25).